The van der Waals surface area contributed by atoms with Crippen LogP contribution in [0.2, 0.25) is 5.02 Å². The number of nitrogens with zero attached hydrogens (tertiary/aromatic N) is 1. The lowest BCUT2D eigenvalue weighted by Gasteiger charge is -2.20. The van der Waals surface area contributed by atoms with Crippen molar-refractivity contribution in [3.8, 4) is 11.3 Å². The van der Waals surface area contributed by atoms with Crippen molar-refractivity contribution in [3.63, 3.8) is 0 Å². The third-order valence-electron chi connectivity index (χ3n) is 2.54. The summed E-state index contributed by atoms with van der Waals surface area (Å²) >= 11 is 12.8. The maximum Gasteiger partial charge on any atom is 0.289 e. The van der Waals surface area contributed by atoms with E-state index in [2.05, 4.69) is 10.1 Å². The first-order chi connectivity index (χ1) is 10.5. The average Bonchev–Trinajstić information content (AvgIpc) is 2.86. The highest BCUT2D eigenvalue weighted by Gasteiger charge is 2.20. The second-order valence-electron chi connectivity index (χ2n) is 4.11. The van der Waals surface area contributed by atoms with Crippen molar-refractivity contribution >= 4 is 46.5 Å². The van der Waals surface area contributed by atoms with E-state index in [-0.39, 0.29) is 5.82 Å². The molecule has 0 fully saturated rings. The van der Waals surface area contributed by atoms with Gasteiger partial charge in [0.15, 0.2) is 5.13 Å². The van der Waals surface area contributed by atoms with Crippen molar-refractivity contribution in [3.05, 3.63) is 34.4 Å². The molecule has 0 saturated heterocycles. The van der Waals surface area contributed by atoms with E-state index < -0.39 is 6.64 Å². The standard InChI is InChI=1S/C13H15ClFN2O2PS2/c1-3-18-20(21,19-4-2)17-13-16-12(8-22-13)10-6-5-9(15)7-11(10)14/h5-8H,3-4H2,1-2H3,(H,16,17,21). The molecule has 0 aliphatic carbocycles. The molecule has 0 bridgehead atoms. The van der Waals surface area contributed by atoms with E-state index in [1.807, 2.05) is 19.2 Å². The zero-order chi connectivity index (χ0) is 16.2. The Morgan fingerprint density at radius 1 is 1.36 bits per heavy atom. The molecule has 0 radical (unpaired) electrons. The second-order valence-corrected chi connectivity index (χ2v) is 8.55. The SMILES string of the molecule is CCOP(=S)(Nc1nc(-c2ccc(F)cc2Cl)cs1)OCC. The number of anilines is 1. The average molecular weight is 381 g/mol. The lowest BCUT2D eigenvalue weighted by atomic mass is 10.2. The smallest absolute Gasteiger partial charge is 0.289 e. The van der Waals surface area contributed by atoms with E-state index in [0.29, 0.717) is 34.6 Å². The number of hydrogen-bond acceptors (Lipinski definition) is 5. The van der Waals surface area contributed by atoms with Gasteiger partial charge in [-0.15, -0.1) is 11.3 Å². The number of hydrogen-bond donors (Lipinski definition) is 1. The summed E-state index contributed by atoms with van der Waals surface area (Å²) in [5, 5.41) is 5.76. The summed E-state index contributed by atoms with van der Waals surface area (Å²) in [4.78, 5) is 4.42. The molecule has 0 saturated carbocycles. The Kier molecular flexibility index (Phi) is 6.32. The molecule has 1 aromatic heterocycles. The van der Waals surface area contributed by atoms with Crippen LogP contribution in [0.5, 0.6) is 0 Å². The highest BCUT2D eigenvalue weighted by atomic mass is 35.5. The molecule has 120 valence electrons. The van der Waals surface area contributed by atoms with Gasteiger partial charge in [0, 0.05) is 10.9 Å². The maximum atomic E-state index is 13.1. The van der Waals surface area contributed by atoms with Gasteiger partial charge in [-0.2, -0.15) is 0 Å². The van der Waals surface area contributed by atoms with Crippen LogP contribution in [0.3, 0.4) is 0 Å². The summed E-state index contributed by atoms with van der Waals surface area (Å²) < 4.78 is 24.1. The molecule has 4 nitrogen and oxygen atoms in total. The molecule has 0 amide bonds. The van der Waals surface area contributed by atoms with Crippen molar-refractivity contribution in [1.82, 2.24) is 4.98 Å². The predicted octanol–water partition coefficient (Wildman–Crippen LogP) is 5.31. The molecule has 0 spiro atoms. The van der Waals surface area contributed by atoms with Gasteiger partial charge < -0.3 is 9.05 Å². The Bertz CT molecular complexity index is 688. The van der Waals surface area contributed by atoms with Gasteiger partial charge in [-0.3, -0.25) is 5.09 Å². The summed E-state index contributed by atoms with van der Waals surface area (Å²) in [5.74, 6) is -0.384. The molecular formula is C13H15ClFN2O2PS2. The summed E-state index contributed by atoms with van der Waals surface area (Å²) in [6, 6.07) is 4.20. The van der Waals surface area contributed by atoms with E-state index in [1.54, 1.807) is 6.07 Å². The van der Waals surface area contributed by atoms with Crippen molar-refractivity contribution in [2.24, 2.45) is 0 Å². The fourth-order valence-corrected chi connectivity index (χ4v) is 5.33. The highest BCUT2D eigenvalue weighted by molar-refractivity contribution is 8.10. The molecule has 9 heteroatoms. The number of nitrogens with one attached hydrogen (secondary N) is 1. The van der Waals surface area contributed by atoms with Gasteiger partial charge in [0.2, 0.25) is 0 Å². The normalized spacial score (nSPS) is 11.6. The second kappa shape index (κ2) is 7.81. The zero-order valence-corrected chi connectivity index (χ0v) is 15.3. The van der Waals surface area contributed by atoms with E-state index in [4.69, 9.17) is 32.5 Å². The minimum Gasteiger partial charge on any atom is -0.314 e. The van der Waals surface area contributed by atoms with Crippen molar-refractivity contribution < 1.29 is 13.4 Å². The third kappa shape index (κ3) is 4.47. The molecule has 1 N–H and O–H groups in total. The number of thiazole rings is 1. The first kappa shape index (κ1) is 17.8. The van der Waals surface area contributed by atoms with Gasteiger partial charge in [-0.1, -0.05) is 11.6 Å². The Balaban J connectivity index is 2.22. The Hall–Kier alpha value is -0.560. The molecule has 0 atom stereocenters. The van der Waals surface area contributed by atoms with Crippen LogP contribution in [-0.2, 0) is 20.9 Å². The van der Waals surface area contributed by atoms with E-state index in [1.165, 1.54) is 23.5 Å². The third-order valence-corrected chi connectivity index (χ3v) is 6.35. The molecule has 22 heavy (non-hydrogen) atoms. The Labute approximate surface area is 142 Å². The van der Waals surface area contributed by atoms with Crippen molar-refractivity contribution in [1.29, 1.82) is 0 Å². The molecular weight excluding hydrogens is 366 g/mol. The molecule has 0 aliphatic rings. The van der Waals surface area contributed by atoms with Gasteiger partial charge in [-0.25, -0.2) is 9.37 Å². The van der Waals surface area contributed by atoms with Gasteiger partial charge in [0.05, 0.1) is 23.9 Å². The van der Waals surface area contributed by atoms with Gasteiger partial charge >= 0.3 is 0 Å². The van der Waals surface area contributed by atoms with E-state index >= 15 is 0 Å². The molecule has 1 aromatic carbocycles. The summed E-state index contributed by atoms with van der Waals surface area (Å²) in [7, 11) is 0. The molecule has 0 unspecified atom stereocenters. The van der Waals surface area contributed by atoms with Crippen LogP contribution in [0, 0.1) is 5.82 Å². The number of benzene rings is 1. The van der Waals surface area contributed by atoms with Crippen molar-refractivity contribution in [2.75, 3.05) is 18.3 Å². The quantitative estimate of drug-likeness (QED) is 0.659. The molecule has 0 aliphatic heterocycles. The van der Waals surface area contributed by atoms with Gasteiger partial charge in [0.1, 0.15) is 5.82 Å². The van der Waals surface area contributed by atoms with Gasteiger partial charge in [-0.05, 0) is 43.9 Å². The number of rotatable bonds is 7. The molecule has 2 rings (SSSR count). The lowest BCUT2D eigenvalue weighted by Crippen LogP contribution is -2.04. The summed E-state index contributed by atoms with van der Waals surface area (Å²) in [6.45, 7) is 2.01. The number of aromatic nitrogens is 1. The maximum absolute atomic E-state index is 13.1. The molecule has 1 heterocycles. The lowest BCUT2D eigenvalue weighted by molar-refractivity contribution is 0.271. The Morgan fingerprint density at radius 2 is 2.05 bits per heavy atom. The fourth-order valence-electron chi connectivity index (χ4n) is 1.70. The fraction of sp³-hybridized carbons (Fsp3) is 0.308. The van der Waals surface area contributed by atoms with Crippen LogP contribution in [0.15, 0.2) is 23.6 Å². The topological polar surface area (TPSA) is 43.4 Å². The minimum absolute atomic E-state index is 0.311. The molecule has 2 aromatic rings. The van der Waals surface area contributed by atoms with E-state index in [0.717, 1.165) is 0 Å². The monoisotopic (exact) mass is 380 g/mol. The highest BCUT2D eigenvalue weighted by Crippen LogP contribution is 2.49. The van der Waals surface area contributed by atoms with Crippen LogP contribution in [-0.4, -0.2) is 18.2 Å². The summed E-state index contributed by atoms with van der Waals surface area (Å²) in [6.07, 6.45) is 0. The largest absolute Gasteiger partial charge is 0.314 e. The van der Waals surface area contributed by atoms with Crippen LogP contribution in [0.4, 0.5) is 9.52 Å². The van der Waals surface area contributed by atoms with Crippen LogP contribution >= 0.6 is 29.6 Å². The van der Waals surface area contributed by atoms with Gasteiger partial charge in [0.25, 0.3) is 6.64 Å². The first-order valence-electron chi connectivity index (χ1n) is 6.55. The summed E-state index contributed by atoms with van der Waals surface area (Å²) in [5.41, 5.74) is 1.31. The number of halogens is 2. The Morgan fingerprint density at radius 3 is 2.64 bits per heavy atom. The van der Waals surface area contributed by atoms with Crippen LogP contribution in [0.25, 0.3) is 11.3 Å². The minimum atomic E-state index is -2.60. The van der Waals surface area contributed by atoms with Crippen LogP contribution in [0.1, 0.15) is 13.8 Å². The zero-order valence-electron chi connectivity index (χ0n) is 12.0. The van der Waals surface area contributed by atoms with Crippen LogP contribution < -0.4 is 5.09 Å². The van der Waals surface area contributed by atoms with E-state index in [9.17, 15) is 4.39 Å². The first-order valence-corrected chi connectivity index (χ1v) is 10.5. The predicted molar refractivity (Wildman–Crippen MR) is 93.7 cm³/mol. The van der Waals surface area contributed by atoms with Crippen molar-refractivity contribution in [2.45, 2.75) is 13.8 Å².